The molecule has 0 aliphatic carbocycles. The zero-order valence-corrected chi connectivity index (χ0v) is 18.4. The van der Waals surface area contributed by atoms with E-state index in [9.17, 15) is 4.79 Å². The second-order valence-corrected chi connectivity index (χ2v) is 7.81. The van der Waals surface area contributed by atoms with Gasteiger partial charge >= 0.3 is 0 Å². The van der Waals surface area contributed by atoms with Crippen LogP contribution in [0, 0.1) is 13.8 Å². The van der Waals surface area contributed by atoms with Gasteiger partial charge in [0.2, 0.25) is 5.91 Å². The monoisotopic (exact) mass is 436 g/mol. The molecule has 8 heteroatoms. The number of nitrogens with one attached hydrogen (secondary N) is 2. The second-order valence-electron chi connectivity index (χ2n) is 7.43. The van der Waals surface area contributed by atoms with Crippen LogP contribution in [0.4, 0.5) is 11.4 Å². The summed E-state index contributed by atoms with van der Waals surface area (Å²) in [6.45, 7) is 3.87. The zero-order chi connectivity index (χ0) is 22.0. The summed E-state index contributed by atoms with van der Waals surface area (Å²) in [5, 5.41) is 6.86. The van der Waals surface area contributed by atoms with Crippen molar-refractivity contribution in [2.24, 2.45) is 0 Å². The van der Waals surface area contributed by atoms with Crippen LogP contribution in [0.1, 0.15) is 34.9 Å². The number of carbonyl (C=O) groups is 1. The molecular weight excluding hydrogens is 412 g/mol. The number of hydrogen-bond acceptors (Lipinski definition) is 5. The van der Waals surface area contributed by atoms with Crippen molar-refractivity contribution in [3.63, 3.8) is 0 Å². The van der Waals surface area contributed by atoms with Crippen LogP contribution in [-0.2, 0) is 9.53 Å². The number of aryl methyl sites for hydroxylation is 2. The first-order chi connectivity index (χ1) is 15.0. The fraction of sp³-hybridized carbons (Fsp3) is 0.261. The predicted octanol–water partition coefficient (Wildman–Crippen LogP) is 4.05. The summed E-state index contributed by atoms with van der Waals surface area (Å²) in [6.07, 6.45) is 1.77. The second kappa shape index (κ2) is 8.87. The van der Waals surface area contributed by atoms with Gasteiger partial charge < -0.3 is 24.7 Å². The Morgan fingerprint density at radius 2 is 2.10 bits per heavy atom. The zero-order valence-electron chi connectivity index (χ0n) is 17.6. The maximum absolute atomic E-state index is 11.9. The van der Waals surface area contributed by atoms with E-state index < -0.39 is 0 Å². The van der Waals surface area contributed by atoms with Gasteiger partial charge in [0.05, 0.1) is 11.7 Å². The molecule has 1 saturated heterocycles. The highest BCUT2D eigenvalue weighted by atomic mass is 32.1. The minimum absolute atomic E-state index is 0.00694. The van der Waals surface area contributed by atoms with E-state index in [-0.39, 0.29) is 24.6 Å². The van der Waals surface area contributed by atoms with Gasteiger partial charge in [0.1, 0.15) is 24.2 Å². The van der Waals surface area contributed by atoms with Crippen molar-refractivity contribution in [2.45, 2.75) is 25.9 Å². The highest BCUT2D eigenvalue weighted by Gasteiger charge is 2.42. The number of amides is 1. The molecule has 4 rings (SSSR count). The molecule has 3 heterocycles. The third kappa shape index (κ3) is 4.30. The number of ether oxygens (including phenoxy) is 1. The first-order valence-corrected chi connectivity index (χ1v) is 10.3. The number of rotatable bonds is 6. The van der Waals surface area contributed by atoms with E-state index in [1.807, 2.05) is 67.3 Å². The van der Waals surface area contributed by atoms with Crippen LogP contribution in [0.15, 0.2) is 59.1 Å². The van der Waals surface area contributed by atoms with Crippen LogP contribution in [-0.4, -0.2) is 29.7 Å². The molecule has 0 unspecified atom stereocenters. The third-order valence-corrected chi connectivity index (χ3v) is 5.50. The van der Waals surface area contributed by atoms with Crippen molar-refractivity contribution in [3.8, 4) is 0 Å². The summed E-state index contributed by atoms with van der Waals surface area (Å²) >= 11 is 5.72. The molecule has 31 heavy (non-hydrogen) atoms. The summed E-state index contributed by atoms with van der Waals surface area (Å²) in [6, 6.07) is 15.2. The van der Waals surface area contributed by atoms with E-state index in [1.54, 1.807) is 6.20 Å². The van der Waals surface area contributed by atoms with Crippen molar-refractivity contribution in [3.05, 3.63) is 77.5 Å². The normalized spacial score (nSPS) is 18.2. The smallest absolute Gasteiger partial charge is 0.250 e. The molecule has 1 aromatic carbocycles. The van der Waals surface area contributed by atoms with Gasteiger partial charge in [0.25, 0.3) is 0 Å². The minimum Gasteiger partial charge on any atom is -0.464 e. The standard InChI is InChI=1S/C23H24N4O3S/c1-14-12-16(8-9-17(14)25-20(28)13-29-3)27-22(19-10-7-15(2)30-19)21(26-23(27)31)18-6-4-5-11-24-18/h4-12,21-22H,13H2,1-3H3,(H,25,28)(H,26,31)/t21-,22+/m1/s1. The molecule has 1 aliphatic heterocycles. The summed E-state index contributed by atoms with van der Waals surface area (Å²) in [4.78, 5) is 18.5. The molecule has 0 bridgehead atoms. The highest BCUT2D eigenvalue weighted by Crippen LogP contribution is 2.42. The maximum atomic E-state index is 11.9. The number of aromatic nitrogens is 1. The lowest BCUT2D eigenvalue weighted by atomic mass is 10.0. The largest absolute Gasteiger partial charge is 0.464 e. The molecule has 7 nitrogen and oxygen atoms in total. The number of anilines is 2. The number of pyridine rings is 1. The molecule has 2 N–H and O–H groups in total. The summed E-state index contributed by atoms with van der Waals surface area (Å²) in [5.74, 6) is 1.44. The van der Waals surface area contributed by atoms with Crippen LogP contribution in [0.2, 0.25) is 0 Å². The Bertz CT molecular complexity index is 1100. The lowest BCUT2D eigenvalue weighted by Gasteiger charge is -2.26. The van der Waals surface area contributed by atoms with Gasteiger partial charge in [-0.2, -0.15) is 0 Å². The number of nitrogens with zero attached hydrogens (tertiary/aromatic N) is 2. The molecule has 0 radical (unpaired) electrons. The van der Waals surface area contributed by atoms with Gasteiger partial charge in [-0.15, -0.1) is 0 Å². The number of hydrogen-bond donors (Lipinski definition) is 2. The molecular formula is C23H24N4O3S. The summed E-state index contributed by atoms with van der Waals surface area (Å²) in [7, 11) is 1.49. The molecule has 1 amide bonds. The van der Waals surface area contributed by atoms with Crippen LogP contribution < -0.4 is 15.5 Å². The summed E-state index contributed by atoms with van der Waals surface area (Å²) < 4.78 is 10.9. The van der Waals surface area contributed by atoms with Crippen molar-refractivity contribution in [1.29, 1.82) is 0 Å². The Morgan fingerprint density at radius 1 is 1.26 bits per heavy atom. The van der Waals surface area contributed by atoms with Crippen LogP contribution in [0.25, 0.3) is 0 Å². The molecule has 1 fully saturated rings. The van der Waals surface area contributed by atoms with Crippen molar-refractivity contribution in [1.82, 2.24) is 10.3 Å². The van der Waals surface area contributed by atoms with Gasteiger partial charge in [-0.25, -0.2) is 0 Å². The Labute approximate surface area is 186 Å². The average molecular weight is 437 g/mol. The number of carbonyl (C=O) groups excluding carboxylic acids is 1. The minimum atomic E-state index is -0.204. The van der Waals surface area contributed by atoms with E-state index in [4.69, 9.17) is 21.4 Å². The van der Waals surface area contributed by atoms with Gasteiger partial charge in [0, 0.05) is 24.7 Å². The molecule has 3 aromatic rings. The molecule has 0 spiro atoms. The number of furan rings is 1. The molecule has 2 aromatic heterocycles. The predicted molar refractivity (Wildman–Crippen MR) is 123 cm³/mol. The van der Waals surface area contributed by atoms with E-state index in [0.717, 1.165) is 34.2 Å². The number of thiocarbonyl (C=S) groups is 1. The molecule has 160 valence electrons. The lowest BCUT2D eigenvalue weighted by Crippen LogP contribution is -2.29. The van der Waals surface area contributed by atoms with Crippen LogP contribution in [0.3, 0.4) is 0 Å². The topological polar surface area (TPSA) is 79.6 Å². The number of benzene rings is 1. The molecule has 2 atom stereocenters. The van der Waals surface area contributed by atoms with E-state index in [0.29, 0.717) is 5.11 Å². The quantitative estimate of drug-likeness (QED) is 0.564. The Balaban J connectivity index is 1.71. The lowest BCUT2D eigenvalue weighted by molar-refractivity contribution is -0.119. The molecule has 1 aliphatic rings. The van der Waals surface area contributed by atoms with Crippen molar-refractivity contribution in [2.75, 3.05) is 23.9 Å². The maximum Gasteiger partial charge on any atom is 0.250 e. The van der Waals surface area contributed by atoms with Gasteiger partial charge in [0.15, 0.2) is 5.11 Å². The fourth-order valence-electron chi connectivity index (χ4n) is 3.79. The Kier molecular flexibility index (Phi) is 6.01. The molecule has 0 saturated carbocycles. The Hall–Kier alpha value is -3.23. The van der Waals surface area contributed by atoms with Crippen LogP contribution >= 0.6 is 12.2 Å². The fourth-order valence-corrected chi connectivity index (χ4v) is 4.14. The first kappa shape index (κ1) is 21.0. The van der Waals surface area contributed by atoms with Gasteiger partial charge in [-0.3, -0.25) is 9.78 Å². The van der Waals surface area contributed by atoms with Crippen molar-refractivity contribution >= 4 is 34.6 Å². The van der Waals surface area contributed by atoms with E-state index in [2.05, 4.69) is 15.6 Å². The van der Waals surface area contributed by atoms with Gasteiger partial charge in [-0.05, 0) is 74.1 Å². The van der Waals surface area contributed by atoms with Gasteiger partial charge in [-0.1, -0.05) is 6.07 Å². The van der Waals surface area contributed by atoms with Crippen LogP contribution in [0.5, 0.6) is 0 Å². The Morgan fingerprint density at radius 3 is 2.74 bits per heavy atom. The number of methoxy groups -OCH3 is 1. The summed E-state index contributed by atoms with van der Waals surface area (Å²) in [5.41, 5.74) is 3.43. The van der Waals surface area contributed by atoms with Crippen molar-refractivity contribution < 1.29 is 13.9 Å². The van der Waals surface area contributed by atoms with E-state index in [1.165, 1.54) is 7.11 Å². The highest BCUT2D eigenvalue weighted by molar-refractivity contribution is 7.80. The van der Waals surface area contributed by atoms with E-state index >= 15 is 0 Å². The first-order valence-electron chi connectivity index (χ1n) is 9.94. The average Bonchev–Trinajstić information content (AvgIpc) is 3.33. The third-order valence-electron chi connectivity index (χ3n) is 5.19. The SMILES string of the molecule is COCC(=O)Nc1ccc(N2C(=S)N[C@H](c3ccccn3)[C@@H]2c2ccc(C)o2)cc1C.